The molecule has 0 spiro atoms. The molecule has 3 nitrogen and oxygen atoms in total. The van der Waals surface area contributed by atoms with Gasteiger partial charge in [0.25, 0.3) is 0 Å². The van der Waals surface area contributed by atoms with Gasteiger partial charge in [0.2, 0.25) is 0 Å². The summed E-state index contributed by atoms with van der Waals surface area (Å²) in [6.07, 6.45) is 1.96. The molecule has 1 N–H and O–H groups in total. The Kier molecular flexibility index (Phi) is 4.90. The van der Waals surface area contributed by atoms with Crippen molar-refractivity contribution in [2.75, 3.05) is 14.2 Å². The molecular formula is C25H23NO2. The van der Waals surface area contributed by atoms with Crippen LogP contribution in [0.2, 0.25) is 0 Å². The van der Waals surface area contributed by atoms with Crippen LogP contribution in [0.1, 0.15) is 22.4 Å². The summed E-state index contributed by atoms with van der Waals surface area (Å²) in [7, 11) is 3.43. The molecule has 0 bridgehead atoms. The number of para-hydroxylation sites is 2. The first-order chi connectivity index (χ1) is 13.8. The number of ether oxygens (including phenoxy) is 2. The molecule has 0 aliphatic heterocycles. The highest BCUT2D eigenvalue weighted by atomic mass is 16.5. The van der Waals surface area contributed by atoms with Crippen LogP contribution < -0.4 is 9.47 Å². The van der Waals surface area contributed by atoms with Crippen LogP contribution in [0.4, 0.5) is 0 Å². The van der Waals surface area contributed by atoms with Crippen molar-refractivity contribution in [2.45, 2.75) is 5.41 Å². The number of benzene rings is 3. The Morgan fingerprint density at radius 3 is 1.64 bits per heavy atom. The molecule has 0 saturated carbocycles. The lowest BCUT2D eigenvalue weighted by molar-refractivity contribution is 0.394. The van der Waals surface area contributed by atoms with Gasteiger partial charge >= 0.3 is 0 Å². The van der Waals surface area contributed by atoms with Gasteiger partial charge < -0.3 is 14.5 Å². The molecule has 0 amide bonds. The van der Waals surface area contributed by atoms with Gasteiger partial charge in [-0.05, 0) is 29.8 Å². The van der Waals surface area contributed by atoms with E-state index in [1.54, 1.807) is 14.2 Å². The first-order valence-electron chi connectivity index (χ1n) is 9.28. The molecule has 0 aliphatic carbocycles. The minimum Gasteiger partial charge on any atom is -0.496 e. The van der Waals surface area contributed by atoms with Crippen molar-refractivity contribution in [3.63, 3.8) is 0 Å². The SMILES string of the molecule is COc1ccccc1C(c1ccccc1)(c1ccc[nH]1)c1ccccc1OC. The second kappa shape index (κ2) is 7.65. The highest BCUT2D eigenvalue weighted by molar-refractivity contribution is 5.64. The van der Waals surface area contributed by atoms with Gasteiger partial charge in [-0.15, -0.1) is 0 Å². The number of H-pyrrole nitrogens is 1. The van der Waals surface area contributed by atoms with Crippen molar-refractivity contribution in [1.29, 1.82) is 0 Å². The molecule has 0 saturated heterocycles. The molecule has 1 heterocycles. The zero-order valence-corrected chi connectivity index (χ0v) is 16.1. The summed E-state index contributed by atoms with van der Waals surface area (Å²) in [6, 6.07) is 31.0. The zero-order chi connectivity index (χ0) is 19.4. The van der Waals surface area contributed by atoms with Crippen molar-refractivity contribution in [2.24, 2.45) is 0 Å². The van der Waals surface area contributed by atoms with E-state index in [2.05, 4.69) is 47.4 Å². The molecule has 0 radical (unpaired) electrons. The van der Waals surface area contributed by atoms with Crippen LogP contribution in [0.15, 0.2) is 97.2 Å². The number of hydrogen-bond acceptors (Lipinski definition) is 2. The summed E-state index contributed by atoms with van der Waals surface area (Å²) < 4.78 is 11.6. The Hall–Kier alpha value is -3.46. The summed E-state index contributed by atoms with van der Waals surface area (Å²) in [5.74, 6) is 1.65. The van der Waals surface area contributed by atoms with E-state index in [4.69, 9.17) is 9.47 Å². The maximum Gasteiger partial charge on any atom is 0.123 e. The van der Waals surface area contributed by atoms with E-state index < -0.39 is 5.41 Å². The van der Waals surface area contributed by atoms with E-state index in [0.29, 0.717) is 0 Å². The Morgan fingerprint density at radius 2 is 1.14 bits per heavy atom. The van der Waals surface area contributed by atoms with E-state index in [1.807, 2.05) is 54.7 Å². The summed E-state index contributed by atoms with van der Waals surface area (Å²) in [5.41, 5.74) is 3.66. The highest BCUT2D eigenvalue weighted by Gasteiger charge is 2.43. The number of methoxy groups -OCH3 is 2. The number of hydrogen-bond donors (Lipinski definition) is 1. The van der Waals surface area contributed by atoms with Gasteiger partial charge in [-0.3, -0.25) is 0 Å². The fraction of sp³-hybridized carbons (Fsp3) is 0.120. The number of nitrogens with one attached hydrogen (secondary N) is 1. The normalized spacial score (nSPS) is 11.2. The molecule has 3 heteroatoms. The Balaban J connectivity index is 2.19. The van der Waals surface area contributed by atoms with E-state index >= 15 is 0 Å². The van der Waals surface area contributed by atoms with Crippen LogP contribution in [0.25, 0.3) is 0 Å². The predicted octanol–water partition coefficient (Wildman–Crippen LogP) is 5.41. The molecular weight excluding hydrogens is 346 g/mol. The molecule has 0 unspecified atom stereocenters. The number of rotatable bonds is 6. The maximum absolute atomic E-state index is 5.81. The van der Waals surface area contributed by atoms with Gasteiger partial charge in [0.15, 0.2) is 0 Å². The Labute approximate surface area is 165 Å². The minimum absolute atomic E-state index is 0.621. The van der Waals surface area contributed by atoms with E-state index in [-0.39, 0.29) is 0 Å². The van der Waals surface area contributed by atoms with E-state index in [9.17, 15) is 0 Å². The molecule has 4 aromatic rings. The second-order valence-corrected chi connectivity index (χ2v) is 6.60. The largest absolute Gasteiger partial charge is 0.496 e. The smallest absolute Gasteiger partial charge is 0.123 e. The van der Waals surface area contributed by atoms with Crippen molar-refractivity contribution in [3.8, 4) is 11.5 Å². The fourth-order valence-corrected chi connectivity index (χ4v) is 4.06. The summed E-state index contributed by atoms with van der Waals surface area (Å²) >= 11 is 0. The van der Waals surface area contributed by atoms with Crippen molar-refractivity contribution in [1.82, 2.24) is 4.98 Å². The molecule has 140 valence electrons. The third kappa shape index (κ3) is 2.76. The molecule has 1 aromatic heterocycles. The lowest BCUT2D eigenvalue weighted by atomic mass is 9.66. The van der Waals surface area contributed by atoms with Crippen LogP contribution in [0, 0.1) is 0 Å². The summed E-state index contributed by atoms with van der Waals surface area (Å²) in [5, 5.41) is 0. The third-order valence-electron chi connectivity index (χ3n) is 5.23. The lowest BCUT2D eigenvalue weighted by Gasteiger charge is -2.37. The second-order valence-electron chi connectivity index (χ2n) is 6.60. The maximum atomic E-state index is 5.81. The van der Waals surface area contributed by atoms with E-state index in [0.717, 1.165) is 33.9 Å². The molecule has 0 atom stereocenters. The Morgan fingerprint density at radius 1 is 0.607 bits per heavy atom. The van der Waals surface area contributed by atoms with Crippen LogP contribution in [-0.4, -0.2) is 19.2 Å². The first-order valence-corrected chi connectivity index (χ1v) is 9.28. The number of aromatic amines is 1. The van der Waals surface area contributed by atoms with Crippen molar-refractivity contribution >= 4 is 0 Å². The van der Waals surface area contributed by atoms with Crippen LogP contribution in [0.5, 0.6) is 11.5 Å². The fourth-order valence-electron chi connectivity index (χ4n) is 4.06. The van der Waals surface area contributed by atoms with Gasteiger partial charge in [-0.25, -0.2) is 0 Å². The summed E-state index contributed by atoms with van der Waals surface area (Å²) in [4.78, 5) is 3.47. The standard InChI is InChI=1S/C25H23NO2/c1-27-22-15-8-6-13-20(22)25(24-17-10-18-26-24,19-11-4-3-5-12-19)21-14-7-9-16-23(21)28-2/h3-18,26H,1-2H3. The zero-order valence-electron chi connectivity index (χ0n) is 16.1. The predicted molar refractivity (Wildman–Crippen MR) is 112 cm³/mol. The van der Waals surface area contributed by atoms with Crippen molar-refractivity contribution < 1.29 is 9.47 Å². The number of aromatic nitrogens is 1. The van der Waals surface area contributed by atoms with Gasteiger partial charge in [-0.2, -0.15) is 0 Å². The molecule has 3 aromatic carbocycles. The third-order valence-corrected chi connectivity index (χ3v) is 5.23. The highest BCUT2D eigenvalue weighted by Crippen LogP contribution is 2.50. The van der Waals surface area contributed by atoms with Gasteiger partial charge in [-0.1, -0.05) is 66.7 Å². The van der Waals surface area contributed by atoms with Gasteiger partial charge in [0.1, 0.15) is 11.5 Å². The summed E-state index contributed by atoms with van der Waals surface area (Å²) in [6.45, 7) is 0. The molecule has 28 heavy (non-hydrogen) atoms. The van der Waals surface area contributed by atoms with Gasteiger partial charge in [0.05, 0.1) is 19.6 Å². The molecule has 0 fully saturated rings. The van der Waals surface area contributed by atoms with Crippen LogP contribution >= 0.6 is 0 Å². The Bertz CT molecular complexity index is 992. The average Bonchev–Trinajstić information content (AvgIpc) is 3.31. The lowest BCUT2D eigenvalue weighted by Crippen LogP contribution is -2.32. The average molecular weight is 369 g/mol. The molecule has 0 aliphatic rings. The van der Waals surface area contributed by atoms with Crippen molar-refractivity contribution in [3.05, 3.63) is 120 Å². The van der Waals surface area contributed by atoms with Crippen LogP contribution in [-0.2, 0) is 5.41 Å². The quantitative estimate of drug-likeness (QED) is 0.461. The monoisotopic (exact) mass is 369 g/mol. The minimum atomic E-state index is -0.621. The first kappa shape index (κ1) is 17.9. The van der Waals surface area contributed by atoms with Crippen LogP contribution in [0.3, 0.4) is 0 Å². The van der Waals surface area contributed by atoms with E-state index in [1.165, 1.54) is 0 Å². The topological polar surface area (TPSA) is 34.2 Å². The van der Waals surface area contributed by atoms with Gasteiger partial charge in [0, 0.05) is 23.0 Å². The molecule has 4 rings (SSSR count).